The van der Waals surface area contributed by atoms with Gasteiger partial charge in [-0.05, 0) is 50.7 Å². The zero-order valence-electron chi connectivity index (χ0n) is 12.0. The first-order valence-electron chi connectivity index (χ1n) is 6.84. The number of carboxylic acid groups (broad SMARTS) is 1. The fourth-order valence-corrected chi connectivity index (χ4v) is 2.43. The van der Waals surface area contributed by atoms with Gasteiger partial charge in [-0.25, -0.2) is 9.78 Å². The molecule has 0 radical (unpaired) electrons. The largest absolute Gasteiger partial charge is 0.478 e. The molecule has 0 saturated carbocycles. The highest BCUT2D eigenvalue weighted by molar-refractivity contribution is 5.85. The Morgan fingerprint density at radius 2 is 2.30 bits per heavy atom. The van der Waals surface area contributed by atoms with Crippen LogP contribution in [0.1, 0.15) is 18.4 Å². The van der Waals surface area contributed by atoms with Gasteiger partial charge in [-0.2, -0.15) is 0 Å². The third-order valence-corrected chi connectivity index (χ3v) is 3.64. The molecule has 0 bridgehead atoms. The summed E-state index contributed by atoms with van der Waals surface area (Å²) in [7, 11) is 4.22. The van der Waals surface area contributed by atoms with Crippen molar-refractivity contribution in [3.63, 3.8) is 0 Å². The Kier molecular flexibility index (Phi) is 4.74. The standard InChI is InChI=1S/C15H21N3O2/c1-17(2)13-4-3-9-18(11-13)14-7-5-12(10-16-14)6-8-15(19)20/h5-8,10,13H,3-4,9,11H2,1-2H3,(H,19,20)/b8-6+. The molecule has 1 saturated heterocycles. The fraction of sp³-hybridized carbons (Fsp3) is 0.467. The van der Waals surface area contributed by atoms with E-state index in [4.69, 9.17) is 5.11 Å². The number of nitrogens with zero attached hydrogens (tertiary/aromatic N) is 3. The fourth-order valence-electron chi connectivity index (χ4n) is 2.43. The lowest BCUT2D eigenvalue weighted by molar-refractivity contribution is -0.131. The van der Waals surface area contributed by atoms with Crippen LogP contribution in [0.25, 0.3) is 6.08 Å². The second kappa shape index (κ2) is 6.52. The van der Waals surface area contributed by atoms with Gasteiger partial charge < -0.3 is 14.9 Å². The van der Waals surface area contributed by atoms with E-state index in [1.54, 1.807) is 12.3 Å². The van der Waals surface area contributed by atoms with Gasteiger partial charge in [0.25, 0.3) is 0 Å². The van der Waals surface area contributed by atoms with Crippen molar-refractivity contribution in [3.8, 4) is 0 Å². The Labute approximate surface area is 119 Å². The summed E-state index contributed by atoms with van der Waals surface area (Å²) < 4.78 is 0. The van der Waals surface area contributed by atoms with Crippen molar-refractivity contribution in [2.45, 2.75) is 18.9 Å². The van der Waals surface area contributed by atoms with Gasteiger partial charge in [-0.15, -0.1) is 0 Å². The molecule has 1 atom stereocenters. The number of pyridine rings is 1. The van der Waals surface area contributed by atoms with E-state index in [0.717, 1.165) is 30.5 Å². The van der Waals surface area contributed by atoms with Gasteiger partial charge in [0, 0.05) is 31.4 Å². The number of piperidine rings is 1. The molecule has 1 aliphatic heterocycles. The van der Waals surface area contributed by atoms with Crippen molar-refractivity contribution in [3.05, 3.63) is 30.0 Å². The second-order valence-corrected chi connectivity index (χ2v) is 5.33. The maximum atomic E-state index is 10.5. The zero-order chi connectivity index (χ0) is 14.5. The van der Waals surface area contributed by atoms with E-state index in [1.807, 2.05) is 12.1 Å². The van der Waals surface area contributed by atoms with Crippen LogP contribution < -0.4 is 4.90 Å². The zero-order valence-corrected chi connectivity index (χ0v) is 12.0. The van der Waals surface area contributed by atoms with Crippen molar-refractivity contribution in [1.82, 2.24) is 9.88 Å². The van der Waals surface area contributed by atoms with Crippen LogP contribution in [-0.4, -0.2) is 54.2 Å². The summed E-state index contributed by atoms with van der Waals surface area (Å²) in [6.07, 6.45) is 6.79. The number of aliphatic carboxylic acids is 1. The lowest BCUT2D eigenvalue weighted by Crippen LogP contribution is -2.45. The van der Waals surface area contributed by atoms with E-state index < -0.39 is 5.97 Å². The van der Waals surface area contributed by atoms with E-state index >= 15 is 0 Å². The molecule has 1 unspecified atom stereocenters. The highest BCUT2D eigenvalue weighted by Gasteiger charge is 2.21. The monoisotopic (exact) mass is 275 g/mol. The van der Waals surface area contributed by atoms with Crippen LogP contribution in [0.3, 0.4) is 0 Å². The summed E-state index contributed by atoms with van der Waals surface area (Å²) in [5.74, 6) is 0.0166. The van der Waals surface area contributed by atoms with Crippen molar-refractivity contribution in [2.24, 2.45) is 0 Å². The SMILES string of the molecule is CN(C)C1CCCN(c2ccc(/C=C/C(=O)O)cn2)C1. The van der Waals surface area contributed by atoms with Crippen LogP contribution in [0, 0.1) is 0 Å². The maximum Gasteiger partial charge on any atom is 0.328 e. The third kappa shape index (κ3) is 3.81. The summed E-state index contributed by atoms with van der Waals surface area (Å²) in [6.45, 7) is 2.02. The molecule has 2 rings (SSSR count). The Bertz CT molecular complexity index is 482. The van der Waals surface area contributed by atoms with Gasteiger partial charge in [-0.3, -0.25) is 0 Å². The average Bonchev–Trinajstić information content (AvgIpc) is 2.46. The highest BCUT2D eigenvalue weighted by atomic mass is 16.4. The minimum atomic E-state index is -0.945. The summed E-state index contributed by atoms with van der Waals surface area (Å²) in [5.41, 5.74) is 0.803. The summed E-state index contributed by atoms with van der Waals surface area (Å²) in [5, 5.41) is 8.59. The third-order valence-electron chi connectivity index (χ3n) is 3.64. The van der Waals surface area contributed by atoms with E-state index in [-0.39, 0.29) is 0 Å². The Morgan fingerprint density at radius 1 is 1.50 bits per heavy atom. The molecule has 108 valence electrons. The molecule has 1 fully saturated rings. The number of rotatable bonds is 4. The van der Waals surface area contributed by atoms with Crippen molar-refractivity contribution < 1.29 is 9.90 Å². The lowest BCUT2D eigenvalue weighted by Gasteiger charge is -2.36. The number of hydrogen-bond donors (Lipinski definition) is 1. The van der Waals surface area contributed by atoms with Crippen LogP contribution in [0.2, 0.25) is 0 Å². The normalized spacial score (nSPS) is 19.8. The first-order chi connectivity index (χ1) is 9.56. The van der Waals surface area contributed by atoms with Gasteiger partial charge in [0.05, 0.1) is 0 Å². The van der Waals surface area contributed by atoms with Gasteiger partial charge in [0.15, 0.2) is 0 Å². The summed E-state index contributed by atoms with van der Waals surface area (Å²) >= 11 is 0. The Morgan fingerprint density at radius 3 is 2.90 bits per heavy atom. The van der Waals surface area contributed by atoms with Crippen LogP contribution in [0.15, 0.2) is 24.4 Å². The molecule has 5 heteroatoms. The predicted molar refractivity (Wildman–Crippen MR) is 79.8 cm³/mol. The second-order valence-electron chi connectivity index (χ2n) is 5.33. The quantitative estimate of drug-likeness (QED) is 0.848. The molecule has 2 heterocycles. The number of likely N-dealkylation sites (N-methyl/N-ethyl adjacent to an activating group) is 1. The number of carboxylic acids is 1. The van der Waals surface area contributed by atoms with Crippen LogP contribution in [0.5, 0.6) is 0 Å². The molecule has 5 nitrogen and oxygen atoms in total. The summed E-state index contributed by atoms with van der Waals surface area (Å²) in [6, 6.07) is 4.43. The lowest BCUT2D eigenvalue weighted by atomic mass is 10.0. The molecular weight excluding hydrogens is 254 g/mol. The van der Waals surface area contributed by atoms with E-state index in [9.17, 15) is 4.79 Å². The Hall–Kier alpha value is -1.88. The molecule has 1 aromatic heterocycles. The number of aromatic nitrogens is 1. The molecular formula is C15H21N3O2. The molecule has 1 aromatic rings. The maximum absolute atomic E-state index is 10.5. The topological polar surface area (TPSA) is 56.7 Å². The van der Waals surface area contributed by atoms with Gasteiger partial charge in [-0.1, -0.05) is 0 Å². The molecule has 0 aliphatic carbocycles. The van der Waals surface area contributed by atoms with E-state index in [0.29, 0.717) is 6.04 Å². The van der Waals surface area contributed by atoms with Crippen LogP contribution in [-0.2, 0) is 4.79 Å². The molecule has 0 spiro atoms. The van der Waals surface area contributed by atoms with Gasteiger partial charge in [0.2, 0.25) is 0 Å². The van der Waals surface area contributed by atoms with E-state index in [2.05, 4.69) is 28.9 Å². The molecule has 20 heavy (non-hydrogen) atoms. The first-order valence-corrected chi connectivity index (χ1v) is 6.84. The molecule has 0 aromatic carbocycles. The molecule has 1 aliphatic rings. The van der Waals surface area contributed by atoms with Gasteiger partial charge in [0.1, 0.15) is 5.82 Å². The minimum Gasteiger partial charge on any atom is -0.478 e. The van der Waals surface area contributed by atoms with Crippen LogP contribution in [0.4, 0.5) is 5.82 Å². The van der Waals surface area contributed by atoms with E-state index in [1.165, 1.54) is 12.8 Å². The highest BCUT2D eigenvalue weighted by Crippen LogP contribution is 2.20. The smallest absolute Gasteiger partial charge is 0.328 e. The first kappa shape index (κ1) is 14.5. The molecule has 1 N–H and O–H groups in total. The minimum absolute atomic E-state index is 0.567. The molecule has 0 amide bonds. The van der Waals surface area contributed by atoms with Crippen molar-refractivity contribution in [2.75, 3.05) is 32.1 Å². The average molecular weight is 275 g/mol. The van der Waals surface area contributed by atoms with Crippen LogP contribution >= 0.6 is 0 Å². The van der Waals surface area contributed by atoms with Crippen molar-refractivity contribution >= 4 is 17.9 Å². The number of hydrogen-bond acceptors (Lipinski definition) is 4. The van der Waals surface area contributed by atoms with Gasteiger partial charge >= 0.3 is 5.97 Å². The summed E-state index contributed by atoms with van der Waals surface area (Å²) in [4.78, 5) is 19.5. The number of anilines is 1. The number of carbonyl (C=O) groups is 1. The Balaban J connectivity index is 2.04. The van der Waals surface area contributed by atoms with Crippen molar-refractivity contribution in [1.29, 1.82) is 0 Å². The predicted octanol–water partition coefficient (Wildman–Crippen LogP) is 1.71.